The molecule has 2 aromatic carbocycles. The molecule has 1 saturated carbocycles. The van der Waals surface area contributed by atoms with Gasteiger partial charge in [-0.2, -0.15) is 0 Å². The van der Waals surface area contributed by atoms with Crippen LogP contribution in [0.15, 0.2) is 66.9 Å². The zero-order valence-corrected chi connectivity index (χ0v) is 23.2. The summed E-state index contributed by atoms with van der Waals surface area (Å²) < 4.78 is 13.9. The molecule has 3 amide bonds. The summed E-state index contributed by atoms with van der Waals surface area (Å²) in [5.41, 5.74) is 3.00. The van der Waals surface area contributed by atoms with Crippen molar-refractivity contribution in [2.45, 2.75) is 77.3 Å². The van der Waals surface area contributed by atoms with Crippen LogP contribution < -0.4 is 15.5 Å². The third-order valence-electron chi connectivity index (χ3n) is 7.47. The predicted octanol–water partition coefficient (Wildman–Crippen LogP) is 6.17. The molecular formula is C32H37FN4O3. The van der Waals surface area contributed by atoms with Gasteiger partial charge in [0.05, 0.1) is 0 Å². The Bertz CT molecular complexity index is 1310. The molecule has 3 aromatic rings. The molecule has 0 radical (unpaired) electrons. The number of carbonyl (C=O) groups is 3. The third kappa shape index (κ3) is 7.52. The first-order valence-electron chi connectivity index (χ1n) is 14.0. The molecule has 0 spiro atoms. The molecule has 0 saturated heterocycles. The van der Waals surface area contributed by atoms with Gasteiger partial charge in [-0.3, -0.25) is 19.3 Å². The quantitative estimate of drug-likeness (QED) is 0.319. The summed E-state index contributed by atoms with van der Waals surface area (Å²) in [5, 5.41) is 5.91. The zero-order chi connectivity index (χ0) is 28.5. The fraction of sp³-hybridized carbons (Fsp3) is 0.375. The molecule has 8 heteroatoms. The molecule has 1 atom stereocenters. The first kappa shape index (κ1) is 28.9. The monoisotopic (exact) mass is 544 g/mol. The van der Waals surface area contributed by atoms with E-state index in [1.54, 1.807) is 36.5 Å². The number of nitrogens with one attached hydrogen (secondary N) is 2. The standard InChI is InChI=1S/C32H37FN4O3/c1-22-10-8-13-27(23(22)2)37(30(39)16-9-15-29(38)36-28-14-6-7-21-34-28)31(24-17-19-25(33)20-18-24)32(40)35-26-11-4-3-5-12-26/h6-8,10,13-14,17-21,26,31H,3-5,9,11-12,15-16H2,1-2H3,(H,35,40)(H,34,36,38). The second-order valence-corrected chi connectivity index (χ2v) is 10.4. The van der Waals surface area contributed by atoms with Crippen molar-refractivity contribution >= 4 is 29.2 Å². The molecule has 0 bridgehead atoms. The molecule has 7 nitrogen and oxygen atoms in total. The summed E-state index contributed by atoms with van der Waals surface area (Å²) in [5.74, 6) is -0.784. The maximum Gasteiger partial charge on any atom is 0.248 e. The number of amides is 3. The van der Waals surface area contributed by atoms with Crippen LogP contribution in [0.1, 0.15) is 74.1 Å². The maximum atomic E-state index is 14.0. The van der Waals surface area contributed by atoms with E-state index in [1.807, 2.05) is 32.0 Å². The van der Waals surface area contributed by atoms with Crippen molar-refractivity contribution < 1.29 is 18.8 Å². The lowest BCUT2D eigenvalue weighted by molar-refractivity contribution is -0.127. The number of aromatic nitrogens is 1. The van der Waals surface area contributed by atoms with Gasteiger partial charge in [0.2, 0.25) is 17.7 Å². The smallest absolute Gasteiger partial charge is 0.248 e. The second-order valence-electron chi connectivity index (χ2n) is 10.4. The van der Waals surface area contributed by atoms with E-state index in [4.69, 9.17) is 0 Å². The molecule has 2 N–H and O–H groups in total. The predicted molar refractivity (Wildman–Crippen MR) is 154 cm³/mol. The lowest BCUT2D eigenvalue weighted by Crippen LogP contribution is -2.47. The van der Waals surface area contributed by atoms with Crippen LogP contribution >= 0.6 is 0 Å². The normalized spacial score (nSPS) is 14.3. The van der Waals surface area contributed by atoms with Gasteiger partial charge in [0, 0.05) is 30.8 Å². The van der Waals surface area contributed by atoms with Crippen LogP contribution in [0.5, 0.6) is 0 Å². The summed E-state index contributed by atoms with van der Waals surface area (Å²) in [6.45, 7) is 3.88. The number of nitrogens with zero attached hydrogens (tertiary/aromatic N) is 2. The van der Waals surface area contributed by atoms with Gasteiger partial charge in [0.1, 0.15) is 17.7 Å². The van der Waals surface area contributed by atoms with Gasteiger partial charge < -0.3 is 10.6 Å². The first-order valence-corrected chi connectivity index (χ1v) is 14.0. The number of aryl methyl sites for hydroxylation is 1. The van der Waals surface area contributed by atoms with E-state index in [0.717, 1.165) is 43.2 Å². The topological polar surface area (TPSA) is 91.4 Å². The molecule has 1 aliphatic carbocycles. The minimum Gasteiger partial charge on any atom is -0.351 e. The molecule has 0 aliphatic heterocycles. The van der Waals surface area contributed by atoms with Gasteiger partial charge >= 0.3 is 0 Å². The van der Waals surface area contributed by atoms with E-state index >= 15 is 0 Å². The number of anilines is 2. The third-order valence-corrected chi connectivity index (χ3v) is 7.47. The highest BCUT2D eigenvalue weighted by Crippen LogP contribution is 2.33. The molecule has 1 fully saturated rings. The van der Waals surface area contributed by atoms with Gasteiger partial charge in [-0.15, -0.1) is 0 Å². The Kier molecular flexibility index (Phi) is 10.00. The van der Waals surface area contributed by atoms with Gasteiger partial charge in [-0.25, -0.2) is 9.37 Å². The zero-order valence-electron chi connectivity index (χ0n) is 23.2. The van der Waals surface area contributed by atoms with Crippen LogP contribution in [0.2, 0.25) is 0 Å². The SMILES string of the molecule is Cc1cccc(N(C(=O)CCCC(=O)Nc2ccccn2)C(C(=O)NC2CCCCC2)c2ccc(F)cc2)c1C. The minimum absolute atomic E-state index is 0.0371. The number of hydrogen-bond acceptors (Lipinski definition) is 4. The highest BCUT2D eigenvalue weighted by atomic mass is 19.1. The van der Waals surface area contributed by atoms with Crippen molar-refractivity contribution in [1.29, 1.82) is 0 Å². The van der Waals surface area contributed by atoms with Crippen molar-refractivity contribution in [1.82, 2.24) is 10.3 Å². The molecule has 210 valence electrons. The Hall–Kier alpha value is -4.07. The van der Waals surface area contributed by atoms with Gasteiger partial charge in [0.15, 0.2) is 0 Å². The fourth-order valence-corrected chi connectivity index (χ4v) is 5.17. The van der Waals surface area contributed by atoms with Crippen LogP contribution in [-0.4, -0.2) is 28.7 Å². The largest absolute Gasteiger partial charge is 0.351 e. The summed E-state index contributed by atoms with van der Waals surface area (Å²) in [6, 6.07) is 15.7. The highest BCUT2D eigenvalue weighted by Gasteiger charge is 2.34. The molecule has 1 unspecified atom stereocenters. The van der Waals surface area contributed by atoms with Crippen molar-refractivity contribution in [3.05, 3.63) is 89.4 Å². The molecule has 1 aliphatic rings. The number of hydrogen-bond donors (Lipinski definition) is 2. The minimum atomic E-state index is -0.988. The van der Waals surface area contributed by atoms with E-state index in [0.29, 0.717) is 23.5 Å². The van der Waals surface area contributed by atoms with Crippen molar-refractivity contribution in [3.8, 4) is 0 Å². The lowest BCUT2D eigenvalue weighted by Gasteiger charge is -2.34. The first-order chi connectivity index (χ1) is 19.3. The van der Waals surface area contributed by atoms with Crippen molar-refractivity contribution in [3.63, 3.8) is 0 Å². The van der Waals surface area contributed by atoms with Crippen LogP contribution in [0, 0.1) is 19.7 Å². The summed E-state index contributed by atoms with van der Waals surface area (Å²) in [6.07, 6.45) is 7.09. The van der Waals surface area contributed by atoms with Gasteiger partial charge in [-0.05, 0) is 80.1 Å². The molecule has 1 heterocycles. The molecular weight excluding hydrogens is 507 g/mol. The fourth-order valence-electron chi connectivity index (χ4n) is 5.17. The maximum absolute atomic E-state index is 14.0. The average molecular weight is 545 g/mol. The number of benzene rings is 2. The Morgan fingerprint density at radius 2 is 1.70 bits per heavy atom. The van der Waals surface area contributed by atoms with Crippen molar-refractivity contribution in [2.75, 3.05) is 10.2 Å². The molecule has 4 rings (SSSR count). The Morgan fingerprint density at radius 3 is 2.40 bits per heavy atom. The van der Waals surface area contributed by atoms with E-state index in [2.05, 4.69) is 15.6 Å². The Morgan fingerprint density at radius 1 is 0.950 bits per heavy atom. The lowest BCUT2D eigenvalue weighted by atomic mass is 9.94. The van der Waals surface area contributed by atoms with Crippen LogP contribution in [0.25, 0.3) is 0 Å². The average Bonchev–Trinajstić information content (AvgIpc) is 2.95. The van der Waals surface area contributed by atoms with Gasteiger partial charge in [0.25, 0.3) is 0 Å². The highest BCUT2D eigenvalue weighted by molar-refractivity contribution is 6.02. The molecule has 40 heavy (non-hydrogen) atoms. The number of halogens is 1. The van der Waals surface area contributed by atoms with Crippen LogP contribution in [-0.2, 0) is 14.4 Å². The second kappa shape index (κ2) is 13.8. The van der Waals surface area contributed by atoms with Gasteiger partial charge in [-0.1, -0.05) is 49.6 Å². The van der Waals surface area contributed by atoms with Crippen LogP contribution in [0.4, 0.5) is 15.9 Å². The number of pyridine rings is 1. The van der Waals surface area contributed by atoms with E-state index < -0.39 is 11.9 Å². The Balaban J connectivity index is 1.61. The van der Waals surface area contributed by atoms with E-state index in [1.165, 1.54) is 17.0 Å². The molecule has 1 aromatic heterocycles. The summed E-state index contributed by atoms with van der Waals surface area (Å²) in [4.78, 5) is 46.0. The summed E-state index contributed by atoms with van der Waals surface area (Å²) >= 11 is 0. The van der Waals surface area contributed by atoms with E-state index in [9.17, 15) is 18.8 Å². The number of rotatable bonds is 10. The van der Waals surface area contributed by atoms with Crippen molar-refractivity contribution in [2.24, 2.45) is 0 Å². The van der Waals surface area contributed by atoms with E-state index in [-0.39, 0.29) is 36.6 Å². The Labute approximate surface area is 235 Å². The summed E-state index contributed by atoms with van der Waals surface area (Å²) in [7, 11) is 0. The number of carbonyl (C=O) groups excluding carboxylic acids is 3. The van der Waals surface area contributed by atoms with Crippen LogP contribution in [0.3, 0.4) is 0 Å².